The Balaban J connectivity index is 2.85. The Kier molecular flexibility index (Phi) is 5.03. The van der Waals surface area contributed by atoms with E-state index in [1.807, 2.05) is 6.92 Å². The second kappa shape index (κ2) is 6.10. The first kappa shape index (κ1) is 14.8. The fourth-order valence-electron chi connectivity index (χ4n) is 1.29. The first-order valence-corrected chi connectivity index (χ1v) is 7.09. The van der Waals surface area contributed by atoms with Gasteiger partial charge in [-0.1, -0.05) is 13.0 Å². The van der Waals surface area contributed by atoms with Crippen LogP contribution in [0.15, 0.2) is 18.2 Å². The number of halogens is 2. The lowest BCUT2D eigenvalue weighted by atomic mass is 10.3. The molecule has 0 fully saturated rings. The summed E-state index contributed by atoms with van der Waals surface area (Å²) in [5.74, 6) is -2.29. The average Bonchev–Trinajstić information content (AvgIpc) is 2.31. The minimum absolute atomic E-state index is 0.239. The molecule has 102 valence electrons. The molecule has 0 bridgehead atoms. The van der Waals surface area contributed by atoms with Gasteiger partial charge in [0, 0.05) is 6.54 Å². The molecule has 0 aliphatic heterocycles. The third-order valence-corrected chi connectivity index (χ3v) is 4.15. The maximum atomic E-state index is 13.3. The fourth-order valence-corrected chi connectivity index (χ4v) is 2.30. The number of anilines is 1. The Bertz CT molecular complexity index is 506. The van der Waals surface area contributed by atoms with Gasteiger partial charge in [-0.2, -0.15) is 0 Å². The van der Waals surface area contributed by atoms with E-state index >= 15 is 0 Å². The maximum Gasteiger partial charge on any atom is 0.236 e. The smallest absolute Gasteiger partial charge is 0.236 e. The van der Waals surface area contributed by atoms with Crippen LogP contribution in [0.25, 0.3) is 0 Å². The van der Waals surface area contributed by atoms with E-state index in [0.29, 0.717) is 6.54 Å². The number of hydrogen-bond acceptors (Lipinski definition) is 3. The SMILES string of the molecule is CCNCC(C)S(=O)(=O)Nc1cccc(F)c1F. The molecule has 1 aromatic rings. The van der Waals surface area contributed by atoms with Gasteiger partial charge in [-0.25, -0.2) is 17.2 Å². The number of benzene rings is 1. The zero-order chi connectivity index (χ0) is 13.8. The van der Waals surface area contributed by atoms with E-state index in [1.54, 1.807) is 0 Å². The lowest BCUT2D eigenvalue weighted by Crippen LogP contribution is -2.34. The van der Waals surface area contributed by atoms with Crippen molar-refractivity contribution >= 4 is 15.7 Å². The van der Waals surface area contributed by atoms with Crippen LogP contribution in [0.4, 0.5) is 14.5 Å². The number of nitrogens with one attached hydrogen (secondary N) is 2. The number of sulfonamides is 1. The third kappa shape index (κ3) is 3.64. The highest BCUT2D eigenvalue weighted by Crippen LogP contribution is 2.18. The van der Waals surface area contributed by atoms with E-state index in [-0.39, 0.29) is 12.2 Å². The summed E-state index contributed by atoms with van der Waals surface area (Å²) in [6, 6.07) is 3.34. The van der Waals surface area contributed by atoms with Gasteiger partial charge in [-0.15, -0.1) is 0 Å². The predicted molar refractivity (Wildman–Crippen MR) is 66.9 cm³/mol. The fraction of sp³-hybridized carbons (Fsp3) is 0.455. The van der Waals surface area contributed by atoms with E-state index in [9.17, 15) is 17.2 Å². The monoisotopic (exact) mass is 278 g/mol. The molecule has 0 aliphatic rings. The van der Waals surface area contributed by atoms with Crippen molar-refractivity contribution in [3.05, 3.63) is 29.8 Å². The van der Waals surface area contributed by atoms with Crippen molar-refractivity contribution in [2.45, 2.75) is 19.1 Å². The second-order valence-corrected chi connectivity index (χ2v) is 5.97. The second-order valence-electron chi connectivity index (χ2n) is 3.87. The number of hydrogen-bond donors (Lipinski definition) is 2. The Hall–Kier alpha value is -1.21. The van der Waals surface area contributed by atoms with Crippen LogP contribution in [0.5, 0.6) is 0 Å². The normalized spacial score (nSPS) is 13.3. The molecule has 1 unspecified atom stereocenters. The molecule has 0 saturated heterocycles. The lowest BCUT2D eigenvalue weighted by molar-refractivity contribution is 0.511. The molecule has 7 heteroatoms. The van der Waals surface area contributed by atoms with E-state index in [2.05, 4.69) is 10.0 Å². The summed E-state index contributed by atoms with van der Waals surface area (Å²) >= 11 is 0. The largest absolute Gasteiger partial charge is 0.316 e. The predicted octanol–water partition coefficient (Wildman–Crippen LogP) is 1.70. The highest BCUT2D eigenvalue weighted by atomic mass is 32.2. The van der Waals surface area contributed by atoms with Gasteiger partial charge in [-0.05, 0) is 25.6 Å². The minimum atomic E-state index is -3.74. The van der Waals surface area contributed by atoms with Crippen molar-refractivity contribution in [3.63, 3.8) is 0 Å². The van der Waals surface area contributed by atoms with Gasteiger partial charge >= 0.3 is 0 Å². The summed E-state index contributed by atoms with van der Waals surface area (Å²) in [5, 5.41) is 2.13. The topological polar surface area (TPSA) is 58.2 Å². The van der Waals surface area contributed by atoms with E-state index in [4.69, 9.17) is 0 Å². The van der Waals surface area contributed by atoms with Crippen molar-refractivity contribution in [3.8, 4) is 0 Å². The average molecular weight is 278 g/mol. The molecule has 4 nitrogen and oxygen atoms in total. The molecule has 0 aromatic heterocycles. The van der Waals surface area contributed by atoms with Crippen LogP contribution in [0, 0.1) is 11.6 Å². The van der Waals surface area contributed by atoms with Crippen molar-refractivity contribution in [1.82, 2.24) is 5.32 Å². The molecule has 18 heavy (non-hydrogen) atoms. The molecular weight excluding hydrogens is 262 g/mol. The summed E-state index contributed by atoms with van der Waals surface area (Å²) in [5.41, 5.74) is -0.377. The highest BCUT2D eigenvalue weighted by molar-refractivity contribution is 7.93. The Labute approximate surface area is 105 Å². The van der Waals surface area contributed by atoms with E-state index < -0.39 is 26.9 Å². The molecule has 0 spiro atoms. The van der Waals surface area contributed by atoms with Crippen molar-refractivity contribution in [2.24, 2.45) is 0 Å². The van der Waals surface area contributed by atoms with Crippen LogP contribution in [-0.2, 0) is 10.0 Å². The lowest BCUT2D eigenvalue weighted by Gasteiger charge is -2.15. The first-order valence-electron chi connectivity index (χ1n) is 5.54. The van der Waals surface area contributed by atoms with Crippen LogP contribution in [0.1, 0.15) is 13.8 Å². The van der Waals surface area contributed by atoms with Gasteiger partial charge in [0.2, 0.25) is 10.0 Å². The molecule has 0 heterocycles. The van der Waals surface area contributed by atoms with Crippen LogP contribution < -0.4 is 10.0 Å². The minimum Gasteiger partial charge on any atom is -0.316 e. The van der Waals surface area contributed by atoms with Gasteiger partial charge in [0.05, 0.1) is 10.9 Å². The molecule has 0 radical (unpaired) electrons. The van der Waals surface area contributed by atoms with Crippen LogP contribution in [0.2, 0.25) is 0 Å². The van der Waals surface area contributed by atoms with Crippen molar-refractivity contribution in [1.29, 1.82) is 0 Å². The molecule has 1 aromatic carbocycles. The van der Waals surface area contributed by atoms with Crippen LogP contribution in [0.3, 0.4) is 0 Å². The molecule has 0 amide bonds. The summed E-state index contributed by atoms with van der Waals surface area (Å²) in [4.78, 5) is 0. The van der Waals surface area contributed by atoms with Gasteiger partial charge in [0.1, 0.15) is 0 Å². The van der Waals surface area contributed by atoms with E-state index in [1.165, 1.54) is 19.1 Å². The van der Waals surface area contributed by atoms with Crippen molar-refractivity contribution in [2.75, 3.05) is 17.8 Å². The zero-order valence-corrected chi connectivity index (χ0v) is 11.0. The Morgan fingerprint density at radius 1 is 1.33 bits per heavy atom. The molecule has 2 N–H and O–H groups in total. The molecule has 1 atom stereocenters. The summed E-state index contributed by atoms with van der Waals surface area (Å²) < 4.78 is 52.0. The third-order valence-electron chi connectivity index (χ3n) is 2.42. The molecule has 0 aliphatic carbocycles. The standard InChI is InChI=1S/C11H16F2N2O2S/c1-3-14-7-8(2)18(16,17)15-10-6-4-5-9(12)11(10)13/h4-6,8,14-15H,3,7H2,1-2H3. The van der Waals surface area contributed by atoms with E-state index in [0.717, 1.165) is 6.07 Å². The maximum absolute atomic E-state index is 13.3. The zero-order valence-electron chi connectivity index (χ0n) is 10.2. The van der Waals surface area contributed by atoms with Gasteiger partial charge in [0.15, 0.2) is 11.6 Å². The summed E-state index contributed by atoms with van der Waals surface area (Å²) in [7, 11) is -3.74. The van der Waals surface area contributed by atoms with Crippen LogP contribution in [-0.4, -0.2) is 26.8 Å². The number of rotatable bonds is 6. The Morgan fingerprint density at radius 2 is 2.00 bits per heavy atom. The molecule has 1 rings (SSSR count). The van der Waals surface area contributed by atoms with Gasteiger partial charge in [0.25, 0.3) is 0 Å². The summed E-state index contributed by atoms with van der Waals surface area (Å²) in [6.07, 6.45) is 0. The van der Waals surface area contributed by atoms with Crippen LogP contribution >= 0.6 is 0 Å². The molecular formula is C11H16F2N2O2S. The Morgan fingerprint density at radius 3 is 2.61 bits per heavy atom. The first-order chi connectivity index (χ1) is 8.38. The highest BCUT2D eigenvalue weighted by Gasteiger charge is 2.22. The van der Waals surface area contributed by atoms with Gasteiger partial charge < -0.3 is 5.32 Å². The van der Waals surface area contributed by atoms with Crippen molar-refractivity contribution < 1.29 is 17.2 Å². The molecule has 0 saturated carbocycles. The van der Waals surface area contributed by atoms with Gasteiger partial charge in [-0.3, -0.25) is 4.72 Å². The quantitative estimate of drug-likeness (QED) is 0.832. The summed E-state index contributed by atoms with van der Waals surface area (Å²) in [6.45, 7) is 4.21.